The topological polar surface area (TPSA) is 56.8 Å². The Morgan fingerprint density at radius 2 is 1.78 bits per heavy atom. The van der Waals surface area contributed by atoms with Crippen LogP contribution in [-0.2, 0) is 16.1 Å². The highest BCUT2D eigenvalue weighted by Crippen LogP contribution is 2.30. The molecule has 0 bridgehead atoms. The third kappa shape index (κ3) is 4.27. The molecule has 2 atom stereocenters. The van der Waals surface area contributed by atoms with Crippen molar-refractivity contribution in [3.05, 3.63) is 65.2 Å². The minimum atomic E-state index is -0.232. The monoisotopic (exact) mass is 448 g/mol. The van der Waals surface area contributed by atoms with Gasteiger partial charge in [-0.1, -0.05) is 42.5 Å². The molecule has 7 heteroatoms. The van der Waals surface area contributed by atoms with Crippen LogP contribution in [0.3, 0.4) is 0 Å². The summed E-state index contributed by atoms with van der Waals surface area (Å²) in [6.07, 6.45) is 0.321. The molecule has 0 radical (unpaired) electrons. The fraction of sp³-hybridized carbons (Fsp3) is 0.400. The quantitative estimate of drug-likeness (QED) is 0.599. The van der Waals surface area contributed by atoms with E-state index in [2.05, 4.69) is 17.0 Å². The Labute approximate surface area is 192 Å². The van der Waals surface area contributed by atoms with E-state index in [1.165, 1.54) is 4.70 Å². The van der Waals surface area contributed by atoms with Gasteiger partial charge in [-0.05, 0) is 24.6 Å². The Balaban J connectivity index is 1.15. The molecule has 1 aromatic heterocycles. The lowest BCUT2D eigenvalue weighted by atomic mass is 10.1. The van der Waals surface area contributed by atoms with Crippen LogP contribution in [0.4, 0.5) is 0 Å². The minimum absolute atomic E-state index is 0.00726. The highest BCUT2D eigenvalue weighted by atomic mass is 32.1. The summed E-state index contributed by atoms with van der Waals surface area (Å²) in [4.78, 5) is 36.7. The van der Waals surface area contributed by atoms with Gasteiger partial charge in [0.1, 0.15) is 5.01 Å². The molecule has 2 aliphatic rings. The van der Waals surface area contributed by atoms with Gasteiger partial charge in [0.25, 0.3) is 0 Å². The molecule has 0 spiro atoms. The Hall–Kier alpha value is -2.77. The van der Waals surface area contributed by atoms with Crippen LogP contribution in [0.5, 0.6) is 0 Å². The van der Waals surface area contributed by atoms with Crippen molar-refractivity contribution in [2.45, 2.75) is 25.9 Å². The fourth-order valence-corrected chi connectivity index (χ4v) is 5.76. The van der Waals surface area contributed by atoms with E-state index in [4.69, 9.17) is 4.98 Å². The number of benzene rings is 2. The van der Waals surface area contributed by atoms with Gasteiger partial charge in [-0.15, -0.1) is 11.3 Å². The van der Waals surface area contributed by atoms with Gasteiger partial charge in [0, 0.05) is 39.1 Å². The molecule has 2 amide bonds. The average molecular weight is 449 g/mol. The predicted octanol–water partition coefficient (Wildman–Crippen LogP) is 3.55. The van der Waals surface area contributed by atoms with Crippen LogP contribution in [0.15, 0.2) is 54.6 Å². The molecule has 2 aromatic carbocycles. The number of aromatic nitrogens is 1. The lowest BCUT2D eigenvalue weighted by Crippen LogP contribution is -2.50. The third-order valence-corrected chi connectivity index (χ3v) is 7.66. The maximum atomic E-state index is 13.2. The average Bonchev–Trinajstić information content (AvgIpc) is 3.42. The van der Waals surface area contributed by atoms with Gasteiger partial charge in [-0.3, -0.25) is 14.5 Å². The number of fused-ring (bicyclic) bond motifs is 1. The summed E-state index contributed by atoms with van der Waals surface area (Å²) >= 11 is 1.74. The second-order valence-electron chi connectivity index (χ2n) is 8.71. The normalized spacial score (nSPS) is 20.8. The largest absolute Gasteiger partial charge is 0.340 e. The summed E-state index contributed by atoms with van der Waals surface area (Å²) in [6.45, 7) is 6.48. The molecule has 2 aliphatic heterocycles. The fourth-order valence-electron chi connectivity index (χ4n) is 4.75. The molecule has 32 heavy (non-hydrogen) atoms. The number of para-hydroxylation sites is 1. The van der Waals surface area contributed by atoms with Crippen molar-refractivity contribution < 1.29 is 9.59 Å². The highest BCUT2D eigenvalue weighted by Gasteiger charge is 2.39. The minimum Gasteiger partial charge on any atom is -0.340 e. The van der Waals surface area contributed by atoms with Gasteiger partial charge in [0.2, 0.25) is 11.8 Å². The van der Waals surface area contributed by atoms with Crippen LogP contribution < -0.4 is 0 Å². The summed E-state index contributed by atoms with van der Waals surface area (Å²) in [5.41, 5.74) is 2.17. The van der Waals surface area contributed by atoms with E-state index in [9.17, 15) is 9.59 Å². The first-order valence-corrected chi connectivity index (χ1v) is 12.1. The number of nitrogens with zero attached hydrogens (tertiary/aromatic N) is 4. The van der Waals surface area contributed by atoms with Crippen molar-refractivity contribution >= 4 is 33.4 Å². The molecule has 0 aliphatic carbocycles. The molecule has 0 unspecified atom stereocenters. The Morgan fingerprint density at radius 3 is 2.53 bits per heavy atom. The second kappa shape index (κ2) is 9.00. The van der Waals surface area contributed by atoms with E-state index in [-0.39, 0.29) is 23.8 Å². The van der Waals surface area contributed by atoms with E-state index in [1.54, 1.807) is 11.3 Å². The zero-order valence-electron chi connectivity index (χ0n) is 18.3. The van der Waals surface area contributed by atoms with E-state index in [0.717, 1.165) is 35.7 Å². The van der Waals surface area contributed by atoms with Crippen LogP contribution >= 0.6 is 11.3 Å². The highest BCUT2D eigenvalue weighted by molar-refractivity contribution is 7.18. The number of carbonyl (C=O) groups is 2. The van der Waals surface area contributed by atoms with Crippen molar-refractivity contribution in [2.75, 3.05) is 32.7 Å². The van der Waals surface area contributed by atoms with E-state index < -0.39 is 0 Å². The van der Waals surface area contributed by atoms with E-state index in [1.807, 2.05) is 59.2 Å². The second-order valence-corrected chi connectivity index (χ2v) is 9.83. The lowest BCUT2D eigenvalue weighted by molar-refractivity contribution is -0.137. The van der Waals surface area contributed by atoms with E-state index in [0.29, 0.717) is 26.1 Å². The molecular formula is C25H28N4O2S. The SMILES string of the molecule is C[C@H](c1ccccc1)N1C[C@H](C(=O)N2CCN(Cc3nc4ccccc4s3)CC2)CC1=O. The molecule has 166 valence electrons. The maximum Gasteiger partial charge on any atom is 0.228 e. The number of amides is 2. The summed E-state index contributed by atoms with van der Waals surface area (Å²) in [5, 5.41) is 1.12. The number of thiazole rings is 1. The summed E-state index contributed by atoms with van der Waals surface area (Å²) in [5.74, 6) is -0.0283. The van der Waals surface area contributed by atoms with Gasteiger partial charge < -0.3 is 9.80 Å². The number of rotatable bonds is 5. The van der Waals surface area contributed by atoms with Gasteiger partial charge in [-0.25, -0.2) is 4.98 Å². The first kappa shape index (κ1) is 21.1. The first-order valence-electron chi connectivity index (χ1n) is 11.3. The van der Waals surface area contributed by atoms with Crippen molar-refractivity contribution in [1.29, 1.82) is 0 Å². The number of carbonyl (C=O) groups excluding carboxylic acids is 2. The zero-order valence-corrected chi connectivity index (χ0v) is 19.1. The standard InChI is InChI=1S/C25H28N4O2S/c1-18(19-7-3-2-4-8-19)29-16-20(15-24(29)30)25(31)28-13-11-27(12-14-28)17-23-26-21-9-5-6-10-22(21)32-23/h2-10,18,20H,11-17H2,1H3/t18-,20-/m1/s1. The van der Waals surface area contributed by atoms with Crippen molar-refractivity contribution in [1.82, 2.24) is 19.7 Å². The number of hydrogen-bond acceptors (Lipinski definition) is 5. The van der Waals surface area contributed by atoms with Gasteiger partial charge in [0.15, 0.2) is 0 Å². The van der Waals surface area contributed by atoms with Crippen LogP contribution in [0.25, 0.3) is 10.2 Å². The molecule has 2 saturated heterocycles. The Bertz CT molecular complexity index is 1070. The molecule has 3 heterocycles. The molecule has 5 rings (SSSR count). The smallest absolute Gasteiger partial charge is 0.228 e. The summed E-state index contributed by atoms with van der Waals surface area (Å²) in [6, 6.07) is 18.3. The van der Waals surface area contributed by atoms with Crippen molar-refractivity contribution in [2.24, 2.45) is 5.92 Å². The van der Waals surface area contributed by atoms with E-state index >= 15 is 0 Å². The number of piperazine rings is 1. The van der Waals surface area contributed by atoms with Gasteiger partial charge in [-0.2, -0.15) is 0 Å². The number of hydrogen-bond donors (Lipinski definition) is 0. The molecular weight excluding hydrogens is 420 g/mol. The van der Waals surface area contributed by atoms with Crippen LogP contribution in [0.1, 0.15) is 30.0 Å². The zero-order chi connectivity index (χ0) is 22.1. The van der Waals surface area contributed by atoms with Crippen LogP contribution in [0.2, 0.25) is 0 Å². The molecule has 3 aromatic rings. The van der Waals surface area contributed by atoms with Crippen LogP contribution in [0, 0.1) is 5.92 Å². The van der Waals surface area contributed by atoms with Crippen molar-refractivity contribution in [3.63, 3.8) is 0 Å². The molecule has 6 nitrogen and oxygen atoms in total. The molecule has 2 fully saturated rings. The maximum absolute atomic E-state index is 13.2. The van der Waals surface area contributed by atoms with Crippen LogP contribution in [-0.4, -0.2) is 64.2 Å². The van der Waals surface area contributed by atoms with Gasteiger partial charge >= 0.3 is 0 Å². The summed E-state index contributed by atoms with van der Waals surface area (Å²) in [7, 11) is 0. The molecule has 0 saturated carbocycles. The lowest BCUT2D eigenvalue weighted by Gasteiger charge is -2.35. The number of likely N-dealkylation sites (tertiary alicyclic amines) is 1. The van der Waals surface area contributed by atoms with Crippen molar-refractivity contribution in [3.8, 4) is 0 Å². The predicted molar refractivity (Wildman–Crippen MR) is 126 cm³/mol. The molecule has 0 N–H and O–H groups in total. The Kier molecular flexibility index (Phi) is 5.93. The summed E-state index contributed by atoms with van der Waals surface area (Å²) < 4.78 is 1.22. The van der Waals surface area contributed by atoms with Gasteiger partial charge in [0.05, 0.1) is 28.7 Å². The Morgan fingerprint density at radius 1 is 1.06 bits per heavy atom. The third-order valence-electron chi connectivity index (χ3n) is 6.64. The first-order chi connectivity index (χ1) is 15.6.